The number of likely N-dealkylation sites (tertiary alicyclic amines) is 1. The van der Waals surface area contributed by atoms with Gasteiger partial charge in [0.1, 0.15) is 46.8 Å². The monoisotopic (exact) mass is 1120 g/mol. The molecule has 21 heteroatoms. The second kappa shape index (κ2) is 34.7. The van der Waals surface area contributed by atoms with Crippen LogP contribution in [0.25, 0.3) is 0 Å². The molecule has 1 aliphatic heterocycles. The van der Waals surface area contributed by atoms with Crippen molar-refractivity contribution in [3.63, 3.8) is 0 Å². The molecule has 1 aliphatic carbocycles. The van der Waals surface area contributed by atoms with Crippen LogP contribution in [0, 0.1) is 17.8 Å². The van der Waals surface area contributed by atoms with Crippen LogP contribution in [0.15, 0.2) is 0 Å². The zero-order valence-electron chi connectivity index (χ0n) is 50.6. The molecule has 10 amide bonds. The van der Waals surface area contributed by atoms with Crippen molar-refractivity contribution in [2.45, 2.75) is 258 Å². The summed E-state index contributed by atoms with van der Waals surface area (Å²) in [4.78, 5) is 139. The minimum absolute atomic E-state index is 0.00471. The Morgan fingerprint density at radius 3 is 1.63 bits per heavy atom. The fraction of sp³-hybridized carbons (Fsp3) is 0.828. The summed E-state index contributed by atoms with van der Waals surface area (Å²) in [5.41, 5.74) is -4.76. The van der Waals surface area contributed by atoms with Gasteiger partial charge in [-0.25, -0.2) is 0 Å². The van der Waals surface area contributed by atoms with Crippen LogP contribution in [0.1, 0.15) is 212 Å². The van der Waals surface area contributed by atoms with Gasteiger partial charge in [0.15, 0.2) is 0 Å². The third-order valence-corrected chi connectivity index (χ3v) is 14.8. The summed E-state index contributed by atoms with van der Waals surface area (Å²) in [5, 5.41) is 28.2. The summed E-state index contributed by atoms with van der Waals surface area (Å²) in [6.07, 6.45) is 13.6. The number of hydrogen-bond donors (Lipinski definition) is 10. The van der Waals surface area contributed by atoms with Crippen molar-refractivity contribution in [3.8, 4) is 0 Å². The largest absolute Gasteiger partial charge is 0.355 e. The van der Waals surface area contributed by atoms with E-state index < -0.39 is 94.1 Å². The molecule has 1 saturated heterocycles. The Balaban J connectivity index is 2.28. The zero-order chi connectivity index (χ0) is 59.5. The first-order chi connectivity index (χ1) is 37.1. The van der Waals surface area contributed by atoms with Gasteiger partial charge >= 0.3 is 0 Å². The normalized spacial score (nSPS) is 16.7. The smallest absolute Gasteiger partial charge is 0.246 e. The van der Waals surface area contributed by atoms with Gasteiger partial charge in [0, 0.05) is 39.0 Å². The number of nitrogens with zero attached hydrogens (tertiary/aromatic N) is 1. The quantitative estimate of drug-likeness (QED) is 0.0399. The van der Waals surface area contributed by atoms with E-state index in [2.05, 4.69) is 60.1 Å². The van der Waals surface area contributed by atoms with Gasteiger partial charge in [0.25, 0.3) is 0 Å². The van der Waals surface area contributed by atoms with E-state index >= 15 is 0 Å². The van der Waals surface area contributed by atoms with Gasteiger partial charge in [0.05, 0.1) is 0 Å². The molecule has 0 spiro atoms. The second-order valence-electron chi connectivity index (χ2n) is 24.5. The third-order valence-electron chi connectivity index (χ3n) is 14.8. The Labute approximate surface area is 472 Å². The summed E-state index contributed by atoms with van der Waals surface area (Å²) in [7, 11) is 1.77. The lowest BCUT2D eigenvalue weighted by Crippen LogP contribution is -2.66. The molecule has 2 aliphatic rings. The molecule has 10 N–H and O–H groups in total. The van der Waals surface area contributed by atoms with E-state index in [0.717, 1.165) is 64.2 Å². The molecule has 21 nitrogen and oxygen atoms in total. The van der Waals surface area contributed by atoms with Crippen LogP contribution < -0.4 is 53.2 Å². The predicted octanol–water partition coefficient (Wildman–Crippen LogP) is 4.06. The van der Waals surface area contributed by atoms with Crippen LogP contribution in [0.4, 0.5) is 0 Å². The first-order valence-electron chi connectivity index (χ1n) is 29.8. The first kappa shape index (κ1) is 69.8. The lowest BCUT2D eigenvalue weighted by molar-refractivity contribution is -0.141. The Morgan fingerprint density at radius 1 is 0.506 bits per heavy atom. The third kappa shape index (κ3) is 25.3. The van der Waals surface area contributed by atoms with Crippen LogP contribution in [-0.2, 0) is 47.9 Å². The average Bonchev–Trinajstić information content (AvgIpc) is 3.87. The average molecular weight is 1120 g/mol. The van der Waals surface area contributed by atoms with Gasteiger partial charge < -0.3 is 58.1 Å². The van der Waals surface area contributed by atoms with Crippen molar-refractivity contribution in [1.82, 2.24) is 58.1 Å². The molecule has 5 atom stereocenters. The maximum Gasteiger partial charge on any atom is 0.246 e. The maximum atomic E-state index is 14.4. The maximum absolute atomic E-state index is 14.4. The zero-order valence-corrected chi connectivity index (χ0v) is 50.6. The molecule has 1 saturated carbocycles. The van der Waals surface area contributed by atoms with Gasteiger partial charge in [-0.1, -0.05) is 112 Å². The Morgan fingerprint density at radius 2 is 1.05 bits per heavy atom. The number of unbranched alkanes of at least 4 members (excludes halogenated alkanes) is 5. The SMILES string of the molecule is CCCCCCCC[C@H](NC(=O)C(C)(C)NC(=O)C(C)(C)NC(=O)[C@H](CC1CCCCC1)NC(=O)[C@@H]1CCCN1C(=O)CCC)C(=O)N[C@@H](CC(C)C)C(=O)NC(C)(C)C(=O)N[C@@H](CC(C)C)C(=O)NCCC(=O)NCCNC. The fourth-order valence-corrected chi connectivity index (χ4v) is 9.94. The molecule has 0 aromatic carbocycles. The van der Waals surface area contributed by atoms with Crippen LogP contribution in [-0.4, -0.2) is 144 Å². The molecule has 0 bridgehead atoms. The van der Waals surface area contributed by atoms with E-state index in [1.807, 2.05) is 34.6 Å². The highest BCUT2D eigenvalue weighted by Crippen LogP contribution is 2.28. The van der Waals surface area contributed by atoms with Crippen molar-refractivity contribution in [2.24, 2.45) is 17.8 Å². The minimum Gasteiger partial charge on any atom is -0.355 e. The van der Waals surface area contributed by atoms with Gasteiger partial charge in [-0.05, 0) is 111 Å². The van der Waals surface area contributed by atoms with Crippen molar-refractivity contribution in [3.05, 3.63) is 0 Å². The lowest BCUT2D eigenvalue weighted by Gasteiger charge is -2.35. The van der Waals surface area contributed by atoms with E-state index in [4.69, 9.17) is 0 Å². The molecule has 2 rings (SSSR count). The lowest BCUT2D eigenvalue weighted by atomic mass is 9.84. The number of amides is 10. The van der Waals surface area contributed by atoms with Crippen molar-refractivity contribution >= 4 is 59.1 Å². The van der Waals surface area contributed by atoms with Crippen LogP contribution in [0.3, 0.4) is 0 Å². The number of carbonyl (C=O) groups excluding carboxylic acids is 10. The predicted molar refractivity (Wildman–Crippen MR) is 307 cm³/mol. The minimum atomic E-state index is -1.62. The van der Waals surface area contributed by atoms with Crippen molar-refractivity contribution < 1.29 is 47.9 Å². The van der Waals surface area contributed by atoms with Crippen LogP contribution >= 0.6 is 0 Å². The summed E-state index contributed by atoms with van der Waals surface area (Å²) < 4.78 is 0. The number of nitrogens with one attached hydrogen (secondary N) is 10. The molecule has 0 aromatic heterocycles. The molecule has 79 heavy (non-hydrogen) atoms. The van der Waals surface area contributed by atoms with E-state index in [-0.39, 0.29) is 61.8 Å². The molecule has 0 radical (unpaired) electrons. The standard InChI is InChI=1S/C58H105N11O10/c1-14-16-17-18-19-23-28-41(49(73)62-43(36-39(5)6)50(74)66-56(7,8)53(77)65-42(35-38(3)4)48(72)61-31-30-46(70)60-33-32-59-13)64-54(78)57(9,10)68-55(79)58(11,12)67-51(75)44(37-40-26-21-20-22-27-40)63-52(76)45-29-24-34-69(45)47(71)25-15-2/h38-45,59H,14-37H2,1-13H3,(H,60,70)(H,61,72)(H,62,73)(H,63,76)(H,64,78)(H,65,77)(H,66,74)(H,67,75)(H,68,79)/t41-,42-,43-,44-,45-/m0/s1. The molecule has 0 unspecified atom stereocenters. The summed E-state index contributed by atoms with van der Waals surface area (Å²) in [6.45, 7) is 22.1. The number of carbonyl (C=O) groups is 10. The summed E-state index contributed by atoms with van der Waals surface area (Å²) in [6, 6.07) is -4.89. The topological polar surface area (TPSA) is 294 Å². The van der Waals surface area contributed by atoms with Gasteiger partial charge in [-0.15, -0.1) is 0 Å². The molecular weight excluding hydrogens is 1010 g/mol. The summed E-state index contributed by atoms with van der Waals surface area (Å²) >= 11 is 0. The molecule has 2 fully saturated rings. The van der Waals surface area contributed by atoms with Gasteiger partial charge in [0.2, 0.25) is 59.1 Å². The van der Waals surface area contributed by atoms with Crippen molar-refractivity contribution in [1.29, 1.82) is 0 Å². The van der Waals surface area contributed by atoms with Crippen molar-refractivity contribution in [2.75, 3.05) is 33.2 Å². The molecule has 452 valence electrons. The second-order valence-corrected chi connectivity index (χ2v) is 24.5. The fourth-order valence-electron chi connectivity index (χ4n) is 9.94. The molecular formula is C58H105N11O10. The van der Waals surface area contributed by atoms with E-state index in [1.165, 1.54) is 41.5 Å². The highest BCUT2D eigenvalue weighted by Gasteiger charge is 2.42. The number of hydrogen-bond acceptors (Lipinski definition) is 11. The molecule has 0 aromatic rings. The van der Waals surface area contributed by atoms with Gasteiger partial charge in [-0.3, -0.25) is 47.9 Å². The Kier molecular flexibility index (Phi) is 30.7. The highest BCUT2D eigenvalue weighted by atomic mass is 16.2. The van der Waals surface area contributed by atoms with Crippen LogP contribution in [0.2, 0.25) is 0 Å². The van der Waals surface area contributed by atoms with E-state index in [0.29, 0.717) is 58.2 Å². The van der Waals surface area contributed by atoms with E-state index in [1.54, 1.807) is 11.9 Å². The number of rotatable bonds is 36. The first-order valence-corrected chi connectivity index (χ1v) is 29.8. The van der Waals surface area contributed by atoms with Gasteiger partial charge in [-0.2, -0.15) is 0 Å². The number of likely N-dealkylation sites (N-methyl/N-ethyl adjacent to an activating group) is 1. The van der Waals surface area contributed by atoms with Crippen LogP contribution in [0.5, 0.6) is 0 Å². The summed E-state index contributed by atoms with van der Waals surface area (Å²) in [5.74, 6) is -4.97. The Bertz CT molecular complexity index is 2000. The highest BCUT2D eigenvalue weighted by molar-refractivity contribution is 6.00. The molecule has 1 heterocycles. The van der Waals surface area contributed by atoms with E-state index in [9.17, 15) is 47.9 Å². The Hall–Kier alpha value is -5.34.